The van der Waals surface area contributed by atoms with E-state index in [1.54, 1.807) is 36.8 Å². The van der Waals surface area contributed by atoms with Crippen molar-refractivity contribution in [3.63, 3.8) is 0 Å². The number of anilines is 1. The average Bonchev–Trinajstić information content (AvgIpc) is 3.35. The highest BCUT2D eigenvalue weighted by Gasteiger charge is 2.15. The molecule has 0 unspecified atom stereocenters. The first-order valence-corrected chi connectivity index (χ1v) is 10.9. The Morgan fingerprint density at radius 3 is 2.24 bits per heavy atom. The molecule has 0 atom stereocenters. The first-order chi connectivity index (χ1) is 16.1. The van der Waals surface area contributed by atoms with Crippen LogP contribution in [-0.2, 0) is 9.53 Å². The molecular formula is C25H20N2O5S. The summed E-state index contributed by atoms with van der Waals surface area (Å²) >= 11 is 1.32. The van der Waals surface area contributed by atoms with Crippen LogP contribution in [0, 0.1) is 0 Å². The third kappa shape index (κ3) is 5.96. The van der Waals surface area contributed by atoms with Crippen LogP contribution in [0.2, 0.25) is 0 Å². The molecule has 1 N–H and O–H groups in total. The maximum absolute atomic E-state index is 12.3. The van der Waals surface area contributed by atoms with E-state index in [0.29, 0.717) is 16.4 Å². The van der Waals surface area contributed by atoms with Gasteiger partial charge in [-0.2, -0.15) is 0 Å². The Morgan fingerprint density at radius 1 is 0.879 bits per heavy atom. The number of ether oxygens (including phenoxy) is 3. The third-order valence-corrected chi connectivity index (χ3v) is 5.39. The Kier molecular flexibility index (Phi) is 6.96. The number of para-hydroxylation sites is 1. The molecule has 0 bridgehead atoms. The van der Waals surface area contributed by atoms with Crippen LogP contribution in [0.15, 0.2) is 84.2 Å². The van der Waals surface area contributed by atoms with Gasteiger partial charge in [0.2, 0.25) is 0 Å². The number of esters is 1. The van der Waals surface area contributed by atoms with Crippen molar-refractivity contribution in [1.29, 1.82) is 0 Å². The fourth-order valence-corrected chi connectivity index (χ4v) is 3.66. The monoisotopic (exact) mass is 460 g/mol. The quantitative estimate of drug-likeness (QED) is 0.354. The molecule has 3 aromatic carbocycles. The minimum absolute atomic E-state index is 0.154. The summed E-state index contributed by atoms with van der Waals surface area (Å²) in [6.07, 6.45) is 0. The molecule has 0 saturated heterocycles. The van der Waals surface area contributed by atoms with Crippen molar-refractivity contribution in [1.82, 2.24) is 4.98 Å². The van der Waals surface area contributed by atoms with Gasteiger partial charge in [0.05, 0.1) is 7.11 Å². The molecule has 33 heavy (non-hydrogen) atoms. The summed E-state index contributed by atoms with van der Waals surface area (Å²) in [6.45, 7) is -0.420. The van der Waals surface area contributed by atoms with E-state index in [1.165, 1.54) is 11.3 Å². The Hall–Kier alpha value is -4.17. The van der Waals surface area contributed by atoms with Gasteiger partial charge >= 0.3 is 5.97 Å². The highest BCUT2D eigenvalue weighted by molar-refractivity contribution is 7.13. The van der Waals surface area contributed by atoms with Gasteiger partial charge in [0.1, 0.15) is 22.3 Å². The van der Waals surface area contributed by atoms with Crippen molar-refractivity contribution in [3.8, 4) is 27.8 Å². The van der Waals surface area contributed by atoms with Gasteiger partial charge in [-0.15, -0.1) is 11.3 Å². The van der Waals surface area contributed by atoms with Crippen molar-refractivity contribution < 1.29 is 23.8 Å². The molecular weight excluding hydrogens is 440 g/mol. The van der Waals surface area contributed by atoms with Crippen LogP contribution in [0.25, 0.3) is 10.6 Å². The smallest absolute Gasteiger partial charge is 0.358 e. The van der Waals surface area contributed by atoms with Crippen molar-refractivity contribution in [2.75, 3.05) is 19.0 Å². The van der Waals surface area contributed by atoms with Crippen molar-refractivity contribution in [2.45, 2.75) is 0 Å². The first-order valence-electron chi connectivity index (χ1n) is 10.0. The number of hydrogen-bond donors (Lipinski definition) is 1. The van der Waals surface area contributed by atoms with Gasteiger partial charge in [-0.25, -0.2) is 9.78 Å². The predicted molar refractivity (Wildman–Crippen MR) is 126 cm³/mol. The second kappa shape index (κ2) is 10.4. The lowest BCUT2D eigenvalue weighted by Crippen LogP contribution is -2.21. The summed E-state index contributed by atoms with van der Waals surface area (Å²) < 4.78 is 16.0. The number of nitrogens with zero attached hydrogens (tertiary/aromatic N) is 1. The minimum Gasteiger partial charge on any atom is -0.497 e. The predicted octanol–water partition coefficient (Wildman–Crippen LogP) is 5.41. The summed E-state index contributed by atoms with van der Waals surface area (Å²) in [7, 11) is 1.60. The zero-order chi connectivity index (χ0) is 23.0. The van der Waals surface area contributed by atoms with Crippen LogP contribution in [0.3, 0.4) is 0 Å². The SMILES string of the molecule is COc1ccc(-c2nc(C(=O)OCC(=O)Nc3ccc(Oc4ccccc4)cc3)cs2)cc1. The number of thiazole rings is 1. The summed E-state index contributed by atoms with van der Waals surface area (Å²) in [5.74, 6) is 0.984. The molecule has 8 heteroatoms. The Bertz CT molecular complexity index is 1220. The highest BCUT2D eigenvalue weighted by atomic mass is 32.1. The number of carbonyl (C=O) groups excluding carboxylic acids is 2. The summed E-state index contributed by atoms with van der Waals surface area (Å²) in [5, 5.41) is 4.96. The number of hydrogen-bond acceptors (Lipinski definition) is 7. The molecule has 0 saturated carbocycles. The van der Waals surface area contributed by atoms with Crippen LogP contribution >= 0.6 is 11.3 Å². The zero-order valence-electron chi connectivity index (χ0n) is 17.7. The topological polar surface area (TPSA) is 86.8 Å². The fraction of sp³-hybridized carbons (Fsp3) is 0.0800. The molecule has 4 aromatic rings. The van der Waals surface area contributed by atoms with Gasteiger partial charge in [-0.3, -0.25) is 4.79 Å². The largest absolute Gasteiger partial charge is 0.497 e. The van der Waals surface area contributed by atoms with Crippen molar-refractivity contribution >= 4 is 28.9 Å². The molecule has 1 amide bonds. The molecule has 0 radical (unpaired) electrons. The standard InChI is InChI=1S/C25H20N2O5S/c1-30-19-11-7-17(8-12-19)24-27-22(16-33-24)25(29)31-15-23(28)26-18-9-13-21(14-10-18)32-20-5-3-2-4-6-20/h2-14,16H,15H2,1H3,(H,26,28). The molecule has 7 nitrogen and oxygen atoms in total. The van der Waals surface area contributed by atoms with Crippen LogP contribution in [0.1, 0.15) is 10.5 Å². The van der Waals surface area contributed by atoms with E-state index in [1.807, 2.05) is 54.6 Å². The zero-order valence-corrected chi connectivity index (χ0v) is 18.5. The van der Waals surface area contributed by atoms with Crippen molar-refractivity contribution in [2.24, 2.45) is 0 Å². The number of methoxy groups -OCH3 is 1. The van der Waals surface area contributed by atoms with Gasteiger partial charge in [-0.1, -0.05) is 18.2 Å². The van der Waals surface area contributed by atoms with E-state index >= 15 is 0 Å². The lowest BCUT2D eigenvalue weighted by Gasteiger charge is -2.08. The number of carbonyl (C=O) groups is 2. The second-order valence-corrected chi connectivity index (χ2v) is 7.69. The molecule has 1 heterocycles. The van der Waals surface area contributed by atoms with E-state index < -0.39 is 18.5 Å². The number of nitrogens with one attached hydrogen (secondary N) is 1. The lowest BCUT2D eigenvalue weighted by molar-refractivity contribution is -0.119. The fourth-order valence-electron chi connectivity index (χ4n) is 2.87. The molecule has 0 aliphatic heterocycles. The van der Waals surface area contributed by atoms with E-state index in [-0.39, 0.29) is 5.69 Å². The number of aromatic nitrogens is 1. The Labute approximate surface area is 194 Å². The van der Waals surface area contributed by atoms with Gasteiger partial charge in [-0.05, 0) is 60.7 Å². The van der Waals surface area contributed by atoms with Gasteiger partial charge in [0.25, 0.3) is 5.91 Å². The normalized spacial score (nSPS) is 10.3. The van der Waals surface area contributed by atoms with Gasteiger partial charge < -0.3 is 19.5 Å². The van der Waals surface area contributed by atoms with Gasteiger partial charge in [0.15, 0.2) is 12.3 Å². The maximum Gasteiger partial charge on any atom is 0.358 e. The first kappa shape index (κ1) is 22.0. The van der Waals surface area contributed by atoms with Crippen LogP contribution in [-0.4, -0.2) is 30.6 Å². The Balaban J connectivity index is 1.27. The number of rotatable bonds is 8. The van der Waals surface area contributed by atoms with E-state index in [9.17, 15) is 9.59 Å². The second-order valence-electron chi connectivity index (χ2n) is 6.83. The Morgan fingerprint density at radius 2 is 1.55 bits per heavy atom. The third-order valence-electron chi connectivity index (χ3n) is 4.50. The highest BCUT2D eigenvalue weighted by Crippen LogP contribution is 2.26. The number of amides is 1. The molecule has 1 aromatic heterocycles. The average molecular weight is 461 g/mol. The summed E-state index contributed by atoms with van der Waals surface area (Å²) in [5.41, 5.74) is 1.57. The van der Waals surface area contributed by atoms with Crippen LogP contribution < -0.4 is 14.8 Å². The lowest BCUT2D eigenvalue weighted by atomic mass is 10.2. The van der Waals surface area contributed by atoms with Crippen LogP contribution in [0.5, 0.6) is 17.2 Å². The molecule has 0 aliphatic rings. The number of benzene rings is 3. The molecule has 166 valence electrons. The summed E-state index contributed by atoms with van der Waals surface area (Å²) in [6, 6.07) is 23.6. The molecule has 4 rings (SSSR count). The molecule has 0 fully saturated rings. The van der Waals surface area contributed by atoms with Crippen molar-refractivity contribution in [3.05, 3.63) is 89.9 Å². The van der Waals surface area contributed by atoms with Crippen LogP contribution in [0.4, 0.5) is 5.69 Å². The minimum atomic E-state index is -0.659. The summed E-state index contributed by atoms with van der Waals surface area (Å²) in [4.78, 5) is 28.7. The van der Waals surface area contributed by atoms with Gasteiger partial charge in [0, 0.05) is 16.6 Å². The maximum atomic E-state index is 12.3. The van der Waals surface area contributed by atoms with E-state index in [0.717, 1.165) is 17.1 Å². The molecule has 0 aliphatic carbocycles. The van der Waals surface area contributed by atoms with E-state index in [2.05, 4.69) is 10.3 Å². The molecule has 0 spiro atoms. The van der Waals surface area contributed by atoms with E-state index in [4.69, 9.17) is 14.2 Å².